The van der Waals surface area contributed by atoms with E-state index >= 15 is 0 Å². The van der Waals surface area contributed by atoms with Crippen LogP contribution in [0.4, 0.5) is 0 Å². The van der Waals surface area contributed by atoms with E-state index in [1.165, 1.54) is 5.56 Å². The van der Waals surface area contributed by atoms with Gasteiger partial charge in [-0.3, -0.25) is 0 Å². The van der Waals surface area contributed by atoms with Crippen LogP contribution in [0.15, 0.2) is 28.7 Å². The summed E-state index contributed by atoms with van der Waals surface area (Å²) in [5.41, 5.74) is 7.39. The van der Waals surface area contributed by atoms with Crippen molar-refractivity contribution >= 4 is 15.9 Å². The van der Waals surface area contributed by atoms with Gasteiger partial charge >= 0.3 is 0 Å². The molecule has 1 aliphatic heterocycles. The summed E-state index contributed by atoms with van der Waals surface area (Å²) in [6.07, 6.45) is 0.995. The van der Waals surface area contributed by atoms with Gasteiger partial charge in [-0.25, -0.2) is 0 Å². The molecular formula is C12H16BrNO. The molecule has 1 aromatic rings. The third-order valence-electron chi connectivity index (χ3n) is 2.93. The first-order chi connectivity index (χ1) is 7.12. The molecule has 1 saturated heterocycles. The lowest BCUT2D eigenvalue weighted by molar-refractivity contribution is -0.0665. The first-order valence-electron chi connectivity index (χ1n) is 5.22. The molecule has 0 bridgehead atoms. The molecular weight excluding hydrogens is 254 g/mol. The lowest BCUT2D eigenvalue weighted by Crippen LogP contribution is -2.49. The highest BCUT2D eigenvalue weighted by atomic mass is 79.9. The Morgan fingerprint density at radius 3 is 2.40 bits per heavy atom. The molecule has 0 saturated carbocycles. The lowest BCUT2D eigenvalue weighted by Gasteiger charge is -2.43. The Kier molecular flexibility index (Phi) is 3.14. The molecule has 2 rings (SSSR count). The van der Waals surface area contributed by atoms with Crippen molar-refractivity contribution in [3.8, 4) is 0 Å². The van der Waals surface area contributed by atoms with E-state index in [1.54, 1.807) is 0 Å². The topological polar surface area (TPSA) is 35.2 Å². The minimum Gasteiger partial charge on any atom is -0.379 e. The van der Waals surface area contributed by atoms with E-state index in [1.807, 2.05) is 0 Å². The Morgan fingerprint density at radius 2 is 2.00 bits per heavy atom. The monoisotopic (exact) mass is 269 g/mol. The fraction of sp³-hybridized carbons (Fsp3) is 0.500. The highest BCUT2D eigenvalue weighted by Crippen LogP contribution is 2.36. The fourth-order valence-corrected chi connectivity index (χ4v) is 2.43. The summed E-state index contributed by atoms with van der Waals surface area (Å²) in [6, 6.07) is 8.70. The number of ether oxygens (including phenoxy) is 1. The van der Waals surface area contributed by atoms with E-state index in [0.29, 0.717) is 0 Å². The Labute approximate surface area is 98.9 Å². The third kappa shape index (κ3) is 2.25. The van der Waals surface area contributed by atoms with E-state index in [0.717, 1.165) is 24.1 Å². The van der Waals surface area contributed by atoms with Crippen molar-refractivity contribution in [1.82, 2.24) is 0 Å². The average Bonchev–Trinajstić information content (AvgIpc) is 2.13. The summed E-state index contributed by atoms with van der Waals surface area (Å²) in [4.78, 5) is 0. The van der Waals surface area contributed by atoms with Crippen LogP contribution in [0.2, 0.25) is 0 Å². The summed E-state index contributed by atoms with van der Waals surface area (Å²) in [7, 11) is 0. The van der Waals surface area contributed by atoms with Crippen LogP contribution in [0.1, 0.15) is 18.9 Å². The number of hydrogen-bond acceptors (Lipinski definition) is 2. The van der Waals surface area contributed by atoms with E-state index in [2.05, 4.69) is 47.1 Å². The minimum atomic E-state index is 0.162. The highest BCUT2D eigenvalue weighted by Gasteiger charge is 2.40. The molecule has 3 heteroatoms. The van der Waals surface area contributed by atoms with Gasteiger partial charge in [-0.15, -0.1) is 0 Å². The Bertz CT molecular complexity index is 330. The zero-order valence-electron chi connectivity index (χ0n) is 8.87. The molecule has 0 amide bonds. The second kappa shape index (κ2) is 4.24. The Balaban J connectivity index is 2.22. The zero-order valence-corrected chi connectivity index (χ0v) is 10.5. The molecule has 1 aromatic carbocycles. The molecule has 1 fully saturated rings. The van der Waals surface area contributed by atoms with Crippen LogP contribution in [0, 0.1) is 0 Å². The van der Waals surface area contributed by atoms with Crippen molar-refractivity contribution < 1.29 is 4.74 Å². The zero-order chi connectivity index (χ0) is 10.9. The molecule has 82 valence electrons. The van der Waals surface area contributed by atoms with Crippen LogP contribution in [0.25, 0.3) is 0 Å². The van der Waals surface area contributed by atoms with Gasteiger partial charge in [-0.1, -0.05) is 28.1 Å². The molecule has 0 radical (unpaired) electrons. The maximum atomic E-state index is 5.89. The second-order valence-corrected chi connectivity index (χ2v) is 5.38. The van der Waals surface area contributed by atoms with Crippen molar-refractivity contribution in [2.75, 3.05) is 13.2 Å². The van der Waals surface area contributed by atoms with Crippen molar-refractivity contribution in [2.45, 2.75) is 24.8 Å². The minimum absolute atomic E-state index is 0.162. The van der Waals surface area contributed by atoms with Gasteiger partial charge < -0.3 is 10.5 Å². The molecule has 2 N–H and O–H groups in total. The van der Waals surface area contributed by atoms with Gasteiger partial charge in [0, 0.05) is 15.9 Å². The van der Waals surface area contributed by atoms with Gasteiger partial charge in [-0.2, -0.15) is 0 Å². The maximum Gasteiger partial charge on any atom is 0.0586 e. The first kappa shape index (κ1) is 11.1. The molecule has 2 nitrogen and oxygen atoms in total. The summed E-state index contributed by atoms with van der Waals surface area (Å²) in [6.45, 7) is 3.66. The van der Waals surface area contributed by atoms with Crippen LogP contribution >= 0.6 is 15.9 Å². The van der Waals surface area contributed by atoms with Gasteiger partial charge in [0.15, 0.2) is 0 Å². The molecule has 0 spiro atoms. The Morgan fingerprint density at radius 1 is 1.40 bits per heavy atom. The second-order valence-electron chi connectivity index (χ2n) is 4.46. The number of halogens is 1. The van der Waals surface area contributed by atoms with Gasteiger partial charge in [0.1, 0.15) is 0 Å². The Hall–Kier alpha value is -0.380. The van der Waals surface area contributed by atoms with Gasteiger partial charge in [-0.05, 0) is 31.0 Å². The quantitative estimate of drug-likeness (QED) is 0.915. The van der Waals surface area contributed by atoms with Crippen LogP contribution in [0.5, 0.6) is 0 Å². The normalized spacial score (nSPS) is 20.7. The summed E-state index contributed by atoms with van der Waals surface area (Å²) >= 11 is 3.45. The number of benzene rings is 1. The van der Waals surface area contributed by atoms with Gasteiger partial charge in [0.2, 0.25) is 0 Å². The van der Waals surface area contributed by atoms with Crippen LogP contribution < -0.4 is 5.73 Å². The number of rotatable bonds is 3. The smallest absolute Gasteiger partial charge is 0.0586 e. The van der Waals surface area contributed by atoms with Crippen molar-refractivity contribution in [3.63, 3.8) is 0 Å². The lowest BCUT2D eigenvalue weighted by atomic mass is 9.74. The SMILES string of the molecule is CC(N)CC1(c2ccc(Br)cc2)COC1. The highest BCUT2D eigenvalue weighted by molar-refractivity contribution is 9.10. The van der Waals surface area contributed by atoms with E-state index in [-0.39, 0.29) is 11.5 Å². The van der Waals surface area contributed by atoms with E-state index < -0.39 is 0 Å². The predicted octanol–water partition coefficient (Wildman–Crippen LogP) is 2.45. The molecule has 1 aliphatic rings. The van der Waals surface area contributed by atoms with Crippen LogP contribution in [-0.4, -0.2) is 19.3 Å². The van der Waals surface area contributed by atoms with Crippen molar-refractivity contribution in [3.05, 3.63) is 34.3 Å². The van der Waals surface area contributed by atoms with E-state index in [9.17, 15) is 0 Å². The summed E-state index contributed by atoms with van der Waals surface area (Å²) in [5.74, 6) is 0. The summed E-state index contributed by atoms with van der Waals surface area (Å²) < 4.78 is 6.47. The first-order valence-corrected chi connectivity index (χ1v) is 6.01. The van der Waals surface area contributed by atoms with E-state index in [4.69, 9.17) is 10.5 Å². The predicted molar refractivity (Wildman–Crippen MR) is 64.9 cm³/mol. The summed E-state index contributed by atoms with van der Waals surface area (Å²) in [5, 5.41) is 0. The maximum absolute atomic E-state index is 5.89. The fourth-order valence-electron chi connectivity index (χ4n) is 2.17. The molecule has 1 heterocycles. The average molecular weight is 270 g/mol. The van der Waals surface area contributed by atoms with Gasteiger partial charge in [0.25, 0.3) is 0 Å². The van der Waals surface area contributed by atoms with Crippen LogP contribution in [-0.2, 0) is 10.2 Å². The van der Waals surface area contributed by atoms with Crippen molar-refractivity contribution in [1.29, 1.82) is 0 Å². The molecule has 0 aromatic heterocycles. The molecule has 0 aliphatic carbocycles. The standard InChI is InChI=1S/C12H16BrNO/c1-9(14)6-12(7-15-8-12)10-2-4-11(13)5-3-10/h2-5,9H,6-8,14H2,1H3. The molecule has 1 unspecified atom stereocenters. The third-order valence-corrected chi connectivity index (χ3v) is 3.45. The van der Waals surface area contributed by atoms with Crippen molar-refractivity contribution in [2.24, 2.45) is 5.73 Å². The molecule has 15 heavy (non-hydrogen) atoms. The number of nitrogens with two attached hydrogens (primary N) is 1. The van der Waals surface area contributed by atoms with Crippen LogP contribution in [0.3, 0.4) is 0 Å². The van der Waals surface area contributed by atoms with Gasteiger partial charge in [0.05, 0.1) is 13.2 Å². The number of hydrogen-bond donors (Lipinski definition) is 1. The molecule has 1 atom stereocenters. The largest absolute Gasteiger partial charge is 0.379 e.